The summed E-state index contributed by atoms with van der Waals surface area (Å²) in [5.41, 5.74) is 0. The van der Waals surface area contributed by atoms with E-state index in [1.807, 2.05) is 0 Å². The van der Waals surface area contributed by atoms with Gasteiger partial charge in [-0.15, -0.1) is 0 Å². The molecule has 1 unspecified atom stereocenters. The second-order valence-electron chi connectivity index (χ2n) is 4.24. The number of carboxylic acid groups (broad SMARTS) is 1. The van der Waals surface area contributed by atoms with Crippen LogP contribution in [-0.4, -0.2) is 64.4 Å². The standard InChI is InChI=1S/C11H15N3O6/c1-7-12-9(20-13-7)5-19-6-10(15)14-2-3-18-4-8(14)11(16)17/h8H,2-6H2,1H3,(H,16,17). The highest BCUT2D eigenvalue weighted by Crippen LogP contribution is 2.08. The molecule has 1 aromatic rings. The Morgan fingerprint density at radius 2 is 2.35 bits per heavy atom. The molecule has 2 heterocycles. The van der Waals surface area contributed by atoms with Crippen LogP contribution in [0.3, 0.4) is 0 Å². The first-order valence-corrected chi connectivity index (χ1v) is 6.05. The van der Waals surface area contributed by atoms with E-state index in [2.05, 4.69) is 10.1 Å². The molecule has 1 saturated heterocycles. The number of hydrogen-bond donors (Lipinski definition) is 1. The average Bonchev–Trinajstić information content (AvgIpc) is 2.84. The van der Waals surface area contributed by atoms with Crippen molar-refractivity contribution in [1.29, 1.82) is 0 Å². The van der Waals surface area contributed by atoms with Crippen molar-refractivity contribution in [1.82, 2.24) is 15.0 Å². The van der Waals surface area contributed by atoms with Crippen molar-refractivity contribution < 1.29 is 28.7 Å². The van der Waals surface area contributed by atoms with E-state index in [9.17, 15) is 9.59 Å². The van der Waals surface area contributed by atoms with E-state index in [1.54, 1.807) is 6.92 Å². The van der Waals surface area contributed by atoms with Gasteiger partial charge in [-0.1, -0.05) is 5.16 Å². The number of aromatic nitrogens is 2. The first kappa shape index (κ1) is 14.4. The summed E-state index contributed by atoms with van der Waals surface area (Å²) >= 11 is 0. The third kappa shape index (κ3) is 3.52. The summed E-state index contributed by atoms with van der Waals surface area (Å²) in [6, 6.07) is -0.967. The minimum absolute atomic E-state index is 0.00859. The molecule has 20 heavy (non-hydrogen) atoms. The number of morpholine rings is 1. The fraction of sp³-hybridized carbons (Fsp3) is 0.636. The molecule has 9 nitrogen and oxygen atoms in total. The Kier molecular flexibility index (Phi) is 4.64. The summed E-state index contributed by atoms with van der Waals surface area (Å²) in [5, 5.41) is 12.6. The van der Waals surface area contributed by atoms with E-state index in [0.29, 0.717) is 12.4 Å². The quantitative estimate of drug-likeness (QED) is 0.748. The van der Waals surface area contributed by atoms with E-state index < -0.39 is 17.9 Å². The second-order valence-corrected chi connectivity index (χ2v) is 4.24. The molecule has 9 heteroatoms. The van der Waals surface area contributed by atoms with Gasteiger partial charge in [-0.25, -0.2) is 4.79 Å². The highest BCUT2D eigenvalue weighted by Gasteiger charge is 2.32. The molecule has 0 bridgehead atoms. The highest BCUT2D eigenvalue weighted by atomic mass is 16.5. The van der Waals surface area contributed by atoms with Gasteiger partial charge in [0.15, 0.2) is 11.9 Å². The van der Waals surface area contributed by atoms with Gasteiger partial charge in [0.25, 0.3) is 5.89 Å². The first-order chi connectivity index (χ1) is 9.58. The van der Waals surface area contributed by atoms with Crippen LogP contribution in [0.1, 0.15) is 11.7 Å². The van der Waals surface area contributed by atoms with Crippen molar-refractivity contribution in [2.24, 2.45) is 0 Å². The maximum absolute atomic E-state index is 11.9. The summed E-state index contributed by atoms with van der Waals surface area (Å²) in [6.07, 6.45) is 0. The largest absolute Gasteiger partial charge is 0.480 e. The second kappa shape index (κ2) is 6.44. The fourth-order valence-corrected chi connectivity index (χ4v) is 1.81. The highest BCUT2D eigenvalue weighted by molar-refractivity contribution is 5.84. The minimum Gasteiger partial charge on any atom is -0.480 e. The molecule has 0 aromatic carbocycles. The van der Waals surface area contributed by atoms with Gasteiger partial charge in [0.1, 0.15) is 13.2 Å². The number of amides is 1. The topological polar surface area (TPSA) is 115 Å². The van der Waals surface area contributed by atoms with Gasteiger partial charge in [-0.3, -0.25) is 4.79 Å². The number of nitrogens with zero attached hydrogens (tertiary/aromatic N) is 3. The predicted octanol–water partition coefficient (Wildman–Crippen LogP) is -0.793. The third-order valence-electron chi connectivity index (χ3n) is 2.75. The zero-order valence-electron chi connectivity index (χ0n) is 10.9. The van der Waals surface area contributed by atoms with Crippen LogP contribution in [0.25, 0.3) is 0 Å². The molecule has 0 aliphatic carbocycles. The number of ether oxygens (including phenoxy) is 2. The van der Waals surface area contributed by atoms with E-state index in [0.717, 1.165) is 0 Å². The van der Waals surface area contributed by atoms with Crippen LogP contribution in [0.15, 0.2) is 4.52 Å². The number of carbonyl (C=O) groups excluding carboxylic acids is 1. The molecule has 1 fully saturated rings. The average molecular weight is 285 g/mol. The lowest BCUT2D eigenvalue weighted by Crippen LogP contribution is -2.53. The van der Waals surface area contributed by atoms with Crippen molar-refractivity contribution in [2.75, 3.05) is 26.4 Å². The van der Waals surface area contributed by atoms with Gasteiger partial charge in [-0.05, 0) is 6.92 Å². The van der Waals surface area contributed by atoms with Crippen LogP contribution < -0.4 is 0 Å². The van der Waals surface area contributed by atoms with E-state index >= 15 is 0 Å². The van der Waals surface area contributed by atoms with Crippen molar-refractivity contribution in [2.45, 2.75) is 19.6 Å². The maximum Gasteiger partial charge on any atom is 0.328 e. The molecule has 1 aliphatic heterocycles. The van der Waals surface area contributed by atoms with Gasteiger partial charge in [0.2, 0.25) is 5.91 Å². The molecule has 1 aromatic heterocycles. The number of aryl methyl sites for hydroxylation is 1. The SMILES string of the molecule is Cc1noc(COCC(=O)N2CCOCC2C(=O)O)n1. The maximum atomic E-state index is 11.9. The first-order valence-electron chi connectivity index (χ1n) is 6.05. The molecule has 2 rings (SSSR count). The van der Waals surface area contributed by atoms with Gasteiger partial charge in [-0.2, -0.15) is 4.98 Å². The normalized spacial score (nSPS) is 19.1. The van der Waals surface area contributed by atoms with Crippen LogP contribution in [0.4, 0.5) is 0 Å². The lowest BCUT2D eigenvalue weighted by molar-refractivity contribution is -0.160. The number of aliphatic carboxylic acids is 1. The molecule has 1 N–H and O–H groups in total. The van der Waals surface area contributed by atoms with Crippen molar-refractivity contribution >= 4 is 11.9 Å². The summed E-state index contributed by atoms with van der Waals surface area (Å²) in [5.74, 6) is -0.747. The summed E-state index contributed by atoms with van der Waals surface area (Å²) in [4.78, 5) is 28.1. The number of rotatable bonds is 5. The van der Waals surface area contributed by atoms with Crippen molar-refractivity contribution in [3.8, 4) is 0 Å². The minimum atomic E-state index is -1.09. The van der Waals surface area contributed by atoms with Crippen molar-refractivity contribution in [3.05, 3.63) is 11.7 Å². The lowest BCUT2D eigenvalue weighted by Gasteiger charge is -2.32. The van der Waals surface area contributed by atoms with E-state index in [1.165, 1.54) is 4.90 Å². The van der Waals surface area contributed by atoms with Gasteiger partial charge in [0.05, 0.1) is 13.2 Å². The molecule has 1 amide bonds. The van der Waals surface area contributed by atoms with E-state index in [4.69, 9.17) is 19.1 Å². The van der Waals surface area contributed by atoms with Crippen LogP contribution >= 0.6 is 0 Å². The Morgan fingerprint density at radius 3 is 3.00 bits per heavy atom. The van der Waals surface area contributed by atoms with Crippen LogP contribution in [0.5, 0.6) is 0 Å². The lowest BCUT2D eigenvalue weighted by atomic mass is 10.2. The van der Waals surface area contributed by atoms with Crippen molar-refractivity contribution in [3.63, 3.8) is 0 Å². The molecular formula is C11H15N3O6. The Morgan fingerprint density at radius 1 is 1.55 bits per heavy atom. The zero-order valence-corrected chi connectivity index (χ0v) is 10.9. The Bertz CT molecular complexity index is 488. The van der Waals surface area contributed by atoms with Gasteiger partial charge < -0.3 is 24.0 Å². The summed E-state index contributed by atoms with van der Waals surface area (Å²) < 4.78 is 15.0. The fourth-order valence-electron chi connectivity index (χ4n) is 1.81. The number of carboxylic acids is 1. The molecule has 1 atom stereocenters. The number of hydrogen-bond acceptors (Lipinski definition) is 7. The Balaban J connectivity index is 1.82. The molecule has 0 spiro atoms. The predicted molar refractivity (Wildman–Crippen MR) is 62.6 cm³/mol. The van der Waals surface area contributed by atoms with Crippen LogP contribution in [0.2, 0.25) is 0 Å². The third-order valence-corrected chi connectivity index (χ3v) is 2.75. The monoisotopic (exact) mass is 285 g/mol. The molecule has 0 saturated carbocycles. The van der Waals surface area contributed by atoms with E-state index in [-0.39, 0.29) is 32.3 Å². The molecule has 0 radical (unpaired) electrons. The van der Waals surface area contributed by atoms with Crippen LogP contribution in [-0.2, 0) is 25.7 Å². The van der Waals surface area contributed by atoms with Crippen LogP contribution in [0, 0.1) is 6.92 Å². The van der Waals surface area contributed by atoms with Gasteiger partial charge >= 0.3 is 5.97 Å². The molecular weight excluding hydrogens is 270 g/mol. The smallest absolute Gasteiger partial charge is 0.328 e. The zero-order chi connectivity index (χ0) is 14.5. The molecule has 1 aliphatic rings. The Labute approximate surface area is 114 Å². The van der Waals surface area contributed by atoms with Gasteiger partial charge in [0, 0.05) is 6.54 Å². The number of carbonyl (C=O) groups is 2. The Hall–Kier alpha value is -2.00. The summed E-state index contributed by atoms with van der Waals surface area (Å²) in [6.45, 7) is 1.98. The summed E-state index contributed by atoms with van der Waals surface area (Å²) in [7, 11) is 0. The molecule has 110 valence electrons.